The first-order valence-corrected chi connectivity index (χ1v) is 9.92. The van der Waals surface area contributed by atoms with E-state index >= 15 is 0 Å². The molecule has 1 rings (SSSR count). The minimum Gasteiger partial charge on any atom is -0.492 e. The van der Waals surface area contributed by atoms with Crippen LogP contribution in [0.2, 0.25) is 0 Å². The van der Waals surface area contributed by atoms with Crippen molar-refractivity contribution in [1.82, 2.24) is 0 Å². The van der Waals surface area contributed by atoms with Crippen LogP contribution in [0.25, 0.3) is 5.76 Å². The molecule has 0 heterocycles. The third-order valence-electron chi connectivity index (χ3n) is 4.23. The molecule has 1 unspecified atom stereocenters. The topological polar surface area (TPSA) is 91.3 Å². The molecule has 0 aromatic heterocycles. The molecule has 0 aliphatic carbocycles. The second-order valence-electron chi connectivity index (χ2n) is 6.49. The molecule has 0 bridgehead atoms. The Labute approximate surface area is 172 Å². The summed E-state index contributed by atoms with van der Waals surface area (Å²) in [6.45, 7) is 1.42. The molecular weight excluding hydrogens is 376 g/mol. The van der Waals surface area contributed by atoms with E-state index in [-0.39, 0.29) is 24.1 Å². The van der Waals surface area contributed by atoms with Crippen LogP contribution in [-0.2, 0) is 28.5 Å². The summed E-state index contributed by atoms with van der Waals surface area (Å²) in [6, 6.07) is 8.95. The van der Waals surface area contributed by atoms with Gasteiger partial charge in [-0.15, -0.1) is 0 Å². The van der Waals surface area contributed by atoms with Crippen LogP contribution in [0.15, 0.2) is 36.1 Å². The zero-order valence-corrected chi connectivity index (χ0v) is 17.5. The van der Waals surface area contributed by atoms with Crippen molar-refractivity contribution in [2.75, 3.05) is 27.4 Å². The Kier molecular flexibility index (Phi) is 12.2. The SMILES string of the molecule is CCCCCCCC(=O)OCC(CO)OC(=O)C(OC)=C(OC)c1ccccc1. The Morgan fingerprint density at radius 2 is 1.69 bits per heavy atom. The molecule has 29 heavy (non-hydrogen) atoms. The molecule has 7 nitrogen and oxygen atoms in total. The van der Waals surface area contributed by atoms with E-state index in [1.807, 2.05) is 6.07 Å². The van der Waals surface area contributed by atoms with Gasteiger partial charge in [-0.2, -0.15) is 0 Å². The lowest BCUT2D eigenvalue weighted by atomic mass is 10.1. The normalized spacial score (nSPS) is 12.6. The Morgan fingerprint density at radius 1 is 1.00 bits per heavy atom. The van der Waals surface area contributed by atoms with Gasteiger partial charge in [0, 0.05) is 12.0 Å². The van der Waals surface area contributed by atoms with Gasteiger partial charge in [-0.25, -0.2) is 4.79 Å². The van der Waals surface area contributed by atoms with Crippen molar-refractivity contribution in [3.8, 4) is 0 Å². The number of benzene rings is 1. The molecule has 0 fully saturated rings. The summed E-state index contributed by atoms with van der Waals surface area (Å²) in [5.41, 5.74) is 0.638. The molecular formula is C22H32O7. The van der Waals surface area contributed by atoms with Gasteiger partial charge in [-0.05, 0) is 6.42 Å². The quantitative estimate of drug-likeness (QED) is 0.218. The monoisotopic (exact) mass is 408 g/mol. The third-order valence-corrected chi connectivity index (χ3v) is 4.23. The van der Waals surface area contributed by atoms with Gasteiger partial charge in [-0.1, -0.05) is 62.9 Å². The standard InChI is InChI=1S/C22H32O7/c1-4-5-6-7-11-14-19(24)28-16-18(15-23)29-22(25)21(27-3)20(26-2)17-12-9-8-10-13-17/h8-10,12-13,18,23H,4-7,11,14-16H2,1-3H3. The van der Waals surface area contributed by atoms with Crippen LogP contribution in [0.1, 0.15) is 51.0 Å². The van der Waals surface area contributed by atoms with Gasteiger partial charge in [0.25, 0.3) is 0 Å². The number of ether oxygens (including phenoxy) is 4. The number of carbonyl (C=O) groups excluding carboxylic acids is 2. The summed E-state index contributed by atoms with van der Waals surface area (Å²) in [5, 5.41) is 9.47. The van der Waals surface area contributed by atoms with E-state index in [0.29, 0.717) is 12.0 Å². The number of unbranched alkanes of at least 4 members (excludes halogenated alkanes) is 4. The fourth-order valence-electron chi connectivity index (χ4n) is 2.66. The van der Waals surface area contributed by atoms with Crippen molar-refractivity contribution in [2.45, 2.75) is 51.6 Å². The zero-order valence-electron chi connectivity index (χ0n) is 17.5. The molecule has 1 N–H and O–H groups in total. The van der Waals surface area contributed by atoms with E-state index in [1.54, 1.807) is 24.3 Å². The molecule has 0 saturated heterocycles. The van der Waals surface area contributed by atoms with E-state index in [9.17, 15) is 14.7 Å². The maximum absolute atomic E-state index is 12.5. The van der Waals surface area contributed by atoms with Gasteiger partial charge >= 0.3 is 11.9 Å². The average Bonchev–Trinajstić information content (AvgIpc) is 2.75. The van der Waals surface area contributed by atoms with Crippen LogP contribution in [-0.4, -0.2) is 50.6 Å². The highest BCUT2D eigenvalue weighted by Crippen LogP contribution is 2.21. The number of carbonyl (C=O) groups is 2. The van der Waals surface area contributed by atoms with Crippen molar-refractivity contribution >= 4 is 17.7 Å². The molecule has 1 aromatic carbocycles. The highest BCUT2D eigenvalue weighted by molar-refractivity contribution is 5.94. The summed E-state index contributed by atoms with van der Waals surface area (Å²) < 4.78 is 20.8. The predicted molar refractivity (Wildman–Crippen MR) is 109 cm³/mol. The van der Waals surface area contributed by atoms with E-state index in [4.69, 9.17) is 18.9 Å². The Balaban J connectivity index is 2.62. The van der Waals surface area contributed by atoms with Crippen LogP contribution in [0.5, 0.6) is 0 Å². The first-order valence-electron chi connectivity index (χ1n) is 9.92. The van der Waals surface area contributed by atoms with Gasteiger partial charge in [-0.3, -0.25) is 4.79 Å². The molecule has 0 saturated carbocycles. The van der Waals surface area contributed by atoms with Crippen LogP contribution in [0.3, 0.4) is 0 Å². The van der Waals surface area contributed by atoms with Gasteiger partial charge in [0.1, 0.15) is 6.61 Å². The number of rotatable bonds is 14. The lowest BCUT2D eigenvalue weighted by Crippen LogP contribution is -2.29. The second kappa shape index (κ2) is 14.5. The molecule has 0 aliphatic heterocycles. The first kappa shape index (κ1) is 24.5. The van der Waals surface area contributed by atoms with E-state index in [1.165, 1.54) is 14.2 Å². The lowest BCUT2D eigenvalue weighted by molar-refractivity contribution is -0.160. The van der Waals surface area contributed by atoms with Gasteiger partial charge in [0.15, 0.2) is 11.9 Å². The number of aliphatic hydroxyl groups is 1. The number of hydrogen-bond acceptors (Lipinski definition) is 7. The highest BCUT2D eigenvalue weighted by atomic mass is 16.6. The molecule has 0 amide bonds. The molecule has 0 aliphatic rings. The summed E-state index contributed by atoms with van der Waals surface area (Å²) >= 11 is 0. The van der Waals surface area contributed by atoms with E-state index < -0.39 is 18.7 Å². The average molecular weight is 408 g/mol. The van der Waals surface area contributed by atoms with Gasteiger partial charge in [0.05, 0.1) is 20.8 Å². The van der Waals surface area contributed by atoms with E-state index in [0.717, 1.165) is 32.1 Å². The summed E-state index contributed by atoms with van der Waals surface area (Å²) in [4.78, 5) is 24.3. The highest BCUT2D eigenvalue weighted by Gasteiger charge is 2.24. The van der Waals surface area contributed by atoms with Gasteiger partial charge < -0.3 is 24.1 Å². The summed E-state index contributed by atoms with van der Waals surface area (Å²) in [6.07, 6.45) is 4.43. The Bertz CT molecular complexity index is 640. The number of methoxy groups -OCH3 is 2. The fraction of sp³-hybridized carbons (Fsp3) is 0.545. The fourth-order valence-corrected chi connectivity index (χ4v) is 2.66. The summed E-state index contributed by atoms with van der Waals surface area (Å²) in [5.74, 6) is -1.12. The molecule has 1 atom stereocenters. The van der Waals surface area contributed by atoms with E-state index in [2.05, 4.69) is 6.92 Å². The van der Waals surface area contributed by atoms with Crippen LogP contribution in [0, 0.1) is 0 Å². The smallest absolute Gasteiger partial charge is 0.378 e. The van der Waals surface area contributed by atoms with Crippen molar-refractivity contribution in [3.05, 3.63) is 41.7 Å². The van der Waals surface area contributed by atoms with Crippen LogP contribution < -0.4 is 0 Å². The maximum atomic E-state index is 12.5. The molecule has 162 valence electrons. The Hall–Kier alpha value is -2.54. The predicted octanol–water partition coefficient (Wildman–Crippen LogP) is 3.46. The van der Waals surface area contributed by atoms with Crippen molar-refractivity contribution in [2.24, 2.45) is 0 Å². The number of aliphatic hydroxyl groups excluding tert-OH is 1. The summed E-state index contributed by atoms with van der Waals surface area (Å²) in [7, 11) is 2.74. The van der Waals surface area contributed by atoms with Crippen molar-refractivity contribution in [1.29, 1.82) is 0 Å². The lowest BCUT2D eigenvalue weighted by Gasteiger charge is -2.18. The van der Waals surface area contributed by atoms with Crippen molar-refractivity contribution in [3.63, 3.8) is 0 Å². The Morgan fingerprint density at radius 3 is 2.28 bits per heavy atom. The number of esters is 2. The molecule has 0 spiro atoms. The second-order valence-corrected chi connectivity index (χ2v) is 6.49. The maximum Gasteiger partial charge on any atom is 0.378 e. The largest absolute Gasteiger partial charge is 0.492 e. The zero-order chi connectivity index (χ0) is 21.5. The first-order chi connectivity index (χ1) is 14.1. The number of hydrogen-bond donors (Lipinski definition) is 1. The van der Waals surface area contributed by atoms with Crippen molar-refractivity contribution < 1.29 is 33.6 Å². The molecule has 1 aromatic rings. The van der Waals surface area contributed by atoms with Crippen LogP contribution >= 0.6 is 0 Å². The molecule has 0 radical (unpaired) electrons. The molecule has 7 heteroatoms. The minimum atomic E-state index is -0.995. The van der Waals surface area contributed by atoms with Crippen LogP contribution in [0.4, 0.5) is 0 Å². The third kappa shape index (κ3) is 9.00. The minimum absolute atomic E-state index is 0.139. The van der Waals surface area contributed by atoms with Gasteiger partial charge in [0.2, 0.25) is 5.76 Å².